The van der Waals surface area contributed by atoms with Crippen LogP contribution in [0.1, 0.15) is 32.6 Å². The molecule has 7 heteroatoms. The molecule has 2 atom stereocenters. The zero-order chi connectivity index (χ0) is 15.4. The molecule has 22 heavy (non-hydrogen) atoms. The Hall–Kier alpha value is -2.28. The number of ether oxygens (including phenoxy) is 1. The molecular formula is C15H19N5O2. The molecule has 2 heterocycles. The summed E-state index contributed by atoms with van der Waals surface area (Å²) in [5, 5.41) is 16.7. The van der Waals surface area contributed by atoms with E-state index in [0.29, 0.717) is 18.3 Å². The van der Waals surface area contributed by atoms with Gasteiger partial charge in [-0.05, 0) is 43.5 Å². The smallest absolute Gasteiger partial charge is 0.224 e. The summed E-state index contributed by atoms with van der Waals surface area (Å²) in [5.41, 5.74) is 1.53. The Kier molecular flexibility index (Phi) is 4.43. The number of tetrazole rings is 1. The van der Waals surface area contributed by atoms with E-state index in [4.69, 9.17) is 4.74 Å². The van der Waals surface area contributed by atoms with Crippen molar-refractivity contribution in [3.05, 3.63) is 24.3 Å². The maximum Gasteiger partial charge on any atom is 0.224 e. The van der Waals surface area contributed by atoms with Gasteiger partial charge in [0.2, 0.25) is 11.7 Å². The summed E-state index contributed by atoms with van der Waals surface area (Å²) in [5.74, 6) is 0.498. The topological polar surface area (TPSA) is 92.8 Å². The molecule has 2 N–H and O–H groups in total. The number of carbonyl (C=O) groups is 1. The second-order valence-electron chi connectivity index (χ2n) is 5.55. The van der Waals surface area contributed by atoms with Gasteiger partial charge in [0.15, 0.2) is 0 Å². The number of nitrogens with one attached hydrogen (secondary N) is 2. The Labute approximate surface area is 128 Å². The number of H-pyrrole nitrogens is 1. The number of amides is 1. The monoisotopic (exact) mass is 301 g/mol. The fourth-order valence-electron chi connectivity index (χ4n) is 2.63. The highest BCUT2D eigenvalue weighted by molar-refractivity contribution is 5.91. The fourth-order valence-corrected chi connectivity index (χ4v) is 2.63. The van der Waals surface area contributed by atoms with Crippen molar-refractivity contribution in [3.63, 3.8) is 0 Å². The van der Waals surface area contributed by atoms with Gasteiger partial charge in [-0.2, -0.15) is 5.21 Å². The molecule has 1 aliphatic rings. The standard InChI is InChI=1S/C15H19N5O2/c1-10-5-6-13(22-10)7-8-14(21)16-12-4-2-3-11(9-12)15-17-19-20-18-15/h2-4,9-10,13H,5-8H2,1H3,(H,16,21)(H,17,18,19,20)/t10-,13-/m1/s1. The van der Waals surface area contributed by atoms with Crippen molar-refractivity contribution < 1.29 is 9.53 Å². The van der Waals surface area contributed by atoms with Crippen molar-refractivity contribution in [1.82, 2.24) is 20.6 Å². The summed E-state index contributed by atoms with van der Waals surface area (Å²) in [6.45, 7) is 2.07. The molecule has 2 aromatic rings. The molecular weight excluding hydrogens is 282 g/mol. The van der Waals surface area contributed by atoms with Crippen LogP contribution in [-0.4, -0.2) is 38.7 Å². The van der Waals surface area contributed by atoms with Gasteiger partial charge in [-0.15, -0.1) is 10.2 Å². The SMILES string of the molecule is C[C@@H]1CC[C@H](CCC(=O)Nc2cccc(-c3nn[nH]n3)c2)O1. The summed E-state index contributed by atoms with van der Waals surface area (Å²) >= 11 is 0. The van der Waals surface area contributed by atoms with Crippen molar-refractivity contribution >= 4 is 11.6 Å². The summed E-state index contributed by atoms with van der Waals surface area (Å²) in [6, 6.07) is 7.39. The molecule has 116 valence electrons. The maximum atomic E-state index is 12.0. The minimum atomic E-state index is -0.00610. The quantitative estimate of drug-likeness (QED) is 0.882. The van der Waals surface area contributed by atoms with Crippen molar-refractivity contribution in [2.45, 2.75) is 44.8 Å². The predicted octanol–water partition coefficient (Wildman–Crippen LogP) is 2.15. The molecule has 3 rings (SSSR count). The van der Waals surface area contributed by atoms with Gasteiger partial charge in [0.25, 0.3) is 0 Å². The van der Waals surface area contributed by atoms with E-state index in [1.165, 1.54) is 0 Å². The van der Waals surface area contributed by atoms with Crippen LogP contribution in [0, 0.1) is 0 Å². The highest BCUT2D eigenvalue weighted by Crippen LogP contribution is 2.23. The van der Waals surface area contributed by atoms with Crippen molar-refractivity contribution in [2.75, 3.05) is 5.32 Å². The number of aromatic nitrogens is 4. The van der Waals surface area contributed by atoms with E-state index in [1.807, 2.05) is 24.3 Å². The lowest BCUT2D eigenvalue weighted by atomic mass is 10.1. The van der Waals surface area contributed by atoms with Crippen molar-refractivity contribution in [2.24, 2.45) is 0 Å². The summed E-state index contributed by atoms with van der Waals surface area (Å²) in [7, 11) is 0. The van der Waals surface area contributed by atoms with Crippen molar-refractivity contribution in [1.29, 1.82) is 0 Å². The third-order valence-corrected chi connectivity index (χ3v) is 3.76. The Morgan fingerprint density at radius 2 is 2.36 bits per heavy atom. The molecule has 1 aliphatic heterocycles. The molecule has 0 saturated carbocycles. The van der Waals surface area contributed by atoms with Crippen molar-refractivity contribution in [3.8, 4) is 11.4 Å². The van der Waals surface area contributed by atoms with Crippen LogP contribution in [0.3, 0.4) is 0 Å². The number of nitrogens with zero attached hydrogens (tertiary/aromatic N) is 3. The number of benzene rings is 1. The third kappa shape index (κ3) is 3.67. The molecule has 0 bridgehead atoms. The Balaban J connectivity index is 1.54. The average Bonchev–Trinajstić information content (AvgIpc) is 3.17. The number of hydrogen-bond donors (Lipinski definition) is 2. The fraction of sp³-hybridized carbons (Fsp3) is 0.467. The van der Waals surface area contributed by atoms with Crippen LogP contribution in [0.4, 0.5) is 5.69 Å². The predicted molar refractivity (Wildman–Crippen MR) is 81.0 cm³/mol. The first-order valence-corrected chi connectivity index (χ1v) is 7.50. The Bertz CT molecular complexity index is 629. The Morgan fingerprint density at radius 1 is 1.45 bits per heavy atom. The van der Waals surface area contributed by atoms with E-state index < -0.39 is 0 Å². The zero-order valence-electron chi connectivity index (χ0n) is 12.5. The third-order valence-electron chi connectivity index (χ3n) is 3.76. The van der Waals surface area contributed by atoms with Gasteiger partial charge in [0, 0.05) is 17.7 Å². The van der Waals surface area contributed by atoms with E-state index in [-0.39, 0.29) is 12.0 Å². The second kappa shape index (κ2) is 6.65. The Morgan fingerprint density at radius 3 is 3.09 bits per heavy atom. The van der Waals surface area contributed by atoms with E-state index in [0.717, 1.165) is 30.5 Å². The van der Waals surface area contributed by atoms with E-state index in [9.17, 15) is 4.79 Å². The largest absolute Gasteiger partial charge is 0.375 e. The summed E-state index contributed by atoms with van der Waals surface area (Å²) < 4.78 is 5.72. The molecule has 1 fully saturated rings. The lowest BCUT2D eigenvalue weighted by molar-refractivity contribution is -0.116. The highest BCUT2D eigenvalue weighted by atomic mass is 16.5. The number of carbonyl (C=O) groups excluding carboxylic acids is 1. The minimum Gasteiger partial charge on any atom is -0.375 e. The van der Waals surface area contributed by atoms with Gasteiger partial charge in [-0.1, -0.05) is 12.1 Å². The van der Waals surface area contributed by atoms with Crippen LogP contribution in [0.2, 0.25) is 0 Å². The van der Waals surface area contributed by atoms with E-state index >= 15 is 0 Å². The molecule has 1 aromatic heterocycles. The van der Waals surface area contributed by atoms with Gasteiger partial charge in [0.05, 0.1) is 12.2 Å². The number of rotatable bonds is 5. The molecule has 1 saturated heterocycles. The first-order chi connectivity index (χ1) is 10.7. The first kappa shape index (κ1) is 14.6. The maximum absolute atomic E-state index is 12.0. The molecule has 0 unspecified atom stereocenters. The molecule has 1 amide bonds. The van der Waals surface area contributed by atoms with Crippen LogP contribution in [-0.2, 0) is 9.53 Å². The summed E-state index contributed by atoms with van der Waals surface area (Å²) in [6.07, 6.45) is 3.89. The molecule has 0 spiro atoms. The number of hydrogen-bond acceptors (Lipinski definition) is 5. The highest BCUT2D eigenvalue weighted by Gasteiger charge is 2.22. The molecule has 0 aliphatic carbocycles. The van der Waals surface area contributed by atoms with Crippen LogP contribution in [0.15, 0.2) is 24.3 Å². The number of aromatic amines is 1. The second-order valence-corrected chi connectivity index (χ2v) is 5.55. The molecule has 1 aromatic carbocycles. The van der Waals surface area contributed by atoms with E-state index in [2.05, 4.69) is 32.9 Å². The van der Waals surface area contributed by atoms with Crippen LogP contribution in [0.25, 0.3) is 11.4 Å². The normalized spacial score (nSPS) is 21.0. The van der Waals surface area contributed by atoms with Gasteiger partial charge in [-0.25, -0.2) is 0 Å². The molecule has 7 nitrogen and oxygen atoms in total. The van der Waals surface area contributed by atoms with Crippen LogP contribution >= 0.6 is 0 Å². The van der Waals surface area contributed by atoms with Crippen LogP contribution < -0.4 is 5.32 Å². The molecule has 0 radical (unpaired) electrons. The summed E-state index contributed by atoms with van der Waals surface area (Å²) in [4.78, 5) is 12.0. The lowest BCUT2D eigenvalue weighted by Gasteiger charge is -2.11. The van der Waals surface area contributed by atoms with Gasteiger partial charge in [0.1, 0.15) is 0 Å². The van der Waals surface area contributed by atoms with Crippen LogP contribution in [0.5, 0.6) is 0 Å². The van der Waals surface area contributed by atoms with E-state index in [1.54, 1.807) is 0 Å². The van der Waals surface area contributed by atoms with Gasteiger partial charge >= 0.3 is 0 Å². The van der Waals surface area contributed by atoms with Gasteiger partial charge < -0.3 is 10.1 Å². The lowest BCUT2D eigenvalue weighted by Crippen LogP contribution is -2.16. The van der Waals surface area contributed by atoms with Gasteiger partial charge in [-0.3, -0.25) is 4.79 Å². The zero-order valence-corrected chi connectivity index (χ0v) is 12.5. The first-order valence-electron chi connectivity index (χ1n) is 7.50. The minimum absolute atomic E-state index is 0.00610. The average molecular weight is 301 g/mol. The number of anilines is 1.